The summed E-state index contributed by atoms with van der Waals surface area (Å²) in [5.41, 5.74) is 1.01. The molecule has 1 saturated heterocycles. The maximum Gasteiger partial charge on any atom is 0.242 e. The van der Waals surface area contributed by atoms with Gasteiger partial charge < -0.3 is 10.2 Å². The minimum Gasteiger partial charge on any atom is -0.347 e. The second kappa shape index (κ2) is 5.06. The number of amides is 2. The third-order valence-electron chi connectivity index (χ3n) is 3.15. The first-order valence-electron chi connectivity index (χ1n) is 5.96. The third-order valence-corrected chi connectivity index (χ3v) is 4.21. The molecule has 2 heterocycles. The Morgan fingerprint density at radius 1 is 1.44 bits per heavy atom. The standard InChI is InChI=1S/C12H17N3O2S/c1-7-4-10(16)13-5-12(17)15(7)6-11-14-8(2)9(3)18-11/h7H,4-6H2,1-3H3,(H,13,16). The first-order chi connectivity index (χ1) is 8.47. The molecule has 2 rings (SSSR count). The molecule has 1 fully saturated rings. The molecule has 0 bridgehead atoms. The Morgan fingerprint density at radius 3 is 2.78 bits per heavy atom. The van der Waals surface area contributed by atoms with Gasteiger partial charge in [0.1, 0.15) is 5.01 Å². The molecular weight excluding hydrogens is 250 g/mol. The SMILES string of the molecule is Cc1nc(CN2C(=O)CNC(=O)CC2C)sc1C. The van der Waals surface area contributed by atoms with Gasteiger partial charge in [0.2, 0.25) is 11.8 Å². The minimum atomic E-state index is -0.0792. The number of hydrogen-bond donors (Lipinski definition) is 1. The quantitative estimate of drug-likeness (QED) is 0.869. The smallest absolute Gasteiger partial charge is 0.242 e. The summed E-state index contributed by atoms with van der Waals surface area (Å²) in [5, 5.41) is 3.54. The highest BCUT2D eigenvalue weighted by molar-refractivity contribution is 7.11. The molecule has 1 aliphatic rings. The van der Waals surface area contributed by atoms with Gasteiger partial charge in [-0.1, -0.05) is 0 Å². The molecule has 1 aliphatic heterocycles. The van der Waals surface area contributed by atoms with Gasteiger partial charge in [0, 0.05) is 17.3 Å². The van der Waals surface area contributed by atoms with Gasteiger partial charge in [-0.3, -0.25) is 9.59 Å². The van der Waals surface area contributed by atoms with Crippen molar-refractivity contribution in [3.63, 3.8) is 0 Å². The van der Waals surface area contributed by atoms with Crippen LogP contribution in [0.15, 0.2) is 0 Å². The van der Waals surface area contributed by atoms with Gasteiger partial charge in [0.15, 0.2) is 0 Å². The molecule has 1 atom stereocenters. The van der Waals surface area contributed by atoms with Gasteiger partial charge in [-0.15, -0.1) is 11.3 Å². The number of aryl methyl sites for hydroxylation is 2. The van der Waals surface area contributed by atoms with Crippen LogP contribution in [0.4, 0.5) is 0 Å². The maximum atomic E-state index is 12.0. The Balaban J connectivity index is 2.15. The van der Waals surface area contributed by atoms with Crippen LogP contribution in [-0.4, -0.2) is 34.3 Å². The van der Waals surface area contributed by atoms with E-state index in [1.54, 1.807) is 16.2 Å². The van der Waals surface area contributed by atoms with E-state index in [9.17, 15) is 9.59 Å². The van der Waals surface area contributed by atoms with E-state index in [0.29, 0.717) is 13.0 Å². The lowest BCUT2D eigenvalue weighted by Crippen LogP contribution is -2.39. The zero-order chi connectivity index (χ0) is 13.3. The predicted molar refractivity (Wildman–Crippen MR) is 69.2 cm³/mol. The summed E-state index contributed by atoms with van der Waals surface area (Å²) in [6, 6.07) is -0.0792. The number of carbonyl (C=O) groups is 2. The van der Waals surface area contributed by atoms with E-state index in [4.69, 9.17) is 0 Å². The summed E-state index contributed by atoms with van der Waals surface area (Å²) >= 11 is 1.61. The van der Waals surface area contributed by atoms with E-state index in [1.165, 1.54) is 4.88 Å². The lowest BCUT2D eigenvalue weighted by Gasteiger charge is -2.25. The molecule has 1 aromatic rings. The molecule has 98 valence electrons. The number of hydrogen-bond acceptors (Lipinski definition) is 4. The van der Waals surface area contributed by atoms with Crippen molar-refractivity contribution in [3.8, 4) is 0 Å². The number of nitrogens with zero attached hydrogens (tertiary/aromatic N) is 2. The Kier molecular flexibility index (Phi) is 3.65. The summed E-state index contributed by atoms with van der Waals surface area (Å²) < 4.78 is 0. The lowest BCUT2D eigenvalue weighted by atomic mass is 10.2. The molecule has 2 amide bonds. The molecule has 0 saturated carbocycles. The number of aromatic nitrogens is 1. The Morgan fingerprint density at radius 2 is 2.17 bits per heavy atom. The molecule has 0 aromatic carbocycles. The van der Waals surface area contributed by atoms with E-state index >= 15 is 0 Å². The second-order valence-electron chi connectivity index (χ2n) is 4.60. The number of thiazole rings is 1. The molecule has 18 heavy (non-hydrogen) atoms. The number of carbonyl (C=O) groups excluding carboxylic acids is 2. The maximum absolute atomic E-state index is 12.0. The lowest BCUT2D eigenvalue weighted by molar-refractivity contribution is -0.132. The highest BCUT2D eigenvalue weighted by Gasteiger charge is 2.27. The van der Waals surface area contributed by atoms with Crippen molar-refractivity contribution in [3.05, 3.63) is 15.6 Å². The van der Waals surface area contributed by atoms with Gasteiger partial charge >= 0.3 is 0 Å². The summed E-state index contributed by atoms with van der Waals surface area (Å²) in [7, 11) is 0. The molecule has 0 aliphatic carbocycles. The molecule has 1 aromatic heterocycles. The van der Waals surface area contributed by atoms with Crippen molar-refractivity contribution >= 4 is 23.2 Å². The average molecular weight is 267 g/mol. The Bertz CT molecular complexity index is 464. The molecule has 0 radical (unpaired) electrons. The molecule has 0 spiro atoms. The zero-order valence-corrected chi connectivity index (χ0v) is 11.6. The van der Waals surface area contributed by atoms with E-state index in [2.05, 4.69) is 10.3 Å². The molecule has 5 nitrogen and oxygen atoms in total. The number of rotatable bonds is 2. The monoisotopic (exact) mass is 267 g/mol. The fourth-order valence-corrected chi connectivity index (χ4v) is 2.90. The molecule has 1 N–H and O–H groups in total. The van der Waals surface area contributed by atoms with E-state index in [1.807, 2.05) is 20.8 Å². The van der Waals surface area contributed by atoms with E-state index in [0.717, 1.165) is 10.7 Å². The van der Waals surface area contributed by atoms with Crippen molar-refractivity contribution in [2.75, 3.05) is 6.54 Å². The van der Waals surface area contributed by atoms with E-state index < -0.39 is 0 Å². The summed E-state index contributed by atoms with van der Waals surface area (Å²) in [5.74, 6) is -0.108. The van der Waals surface area contributed by atoms with Crippen LogP contribution in [0.3, 0.4) is 0 Å². The highest BCUT2D eigenvalue weighted by atomic mass is 32.1. The first-order valence-corrected chi connectivity index (χ1v) is 6.78. The van der Waals surface area contributed by atoms with Crippen molar-refractivity contribution in [2.24, 2.45) is 0 Å². The van der Waals surface area contributed by atoms with Gasteiger partial charge in [0.25, 0.3) is 0 Å². The first kappa shape index (κ1) is 13.0. The molecule has 1 unspecified atom stereocenters. The molecule has 6 heteroatoms. The fraction of sp³-hybridized carbons (Fsp3) is 0.583. The summed E-state index contributed by atoms with van der Waals surface area (Å²) in [6.07, 6.45) is 0.356. The van der Waals surface area contributed by atoms with Crippen molar-refractivity contribution < 1.29 is 9.59 Å². The average Bonchev–Trinajstić information content (AvgIpc) is 2.56. The van der Waals surface area contributed by atoms with Gasteiger partial charge in [-0.2, -0.15) is 0 Å². The minimum absolute atomic E-state index is 0.0427. The second-order valence-corrected chi connectivity index (χ2v) is 5.89. The zero-order valence-electron chi connectivity index (χ0n) is 10.8. The van der Waals surface area contributed by atoms with Gasteiger partial charge in [-0.05, 0) is 20.8 Å². The van der Waals surface area contributed by atoms with Crippen molar-refractivity contribution in [2.45, 2.75) is 39.8 Å². The van der Waals surface area contributed by atoms with Crippen LogP contribution < -0.4 is 5.32 Å². The van der Waals surface area contributed by atoms with Crippen LogP contribution in [0, 0.1) is 13.8 Å². The summed E-state index contributed by atoms with van der Waals surface area (Å²) in [4.78, 5) is 30.7. The highest BCUT2D eigenvalue weighted by Crippen LogP contribution is 2.20. The van der Waals surface area contributed by atoms with Crippen LogP contribution in [0.1, 0.15) is 28.9 Å². The van der Waals surface area contributed by atoms with Gasteiger partial charge in [-0.25, -0.2) is 4.98 Å². The number of nitrogens with one attached hydrogen (secondary N) is 1. The van der Waals surface area contributed by atoms with E-state index in [-0.39, 0.29) is 24.4 Å². The molecular formula is C12H17N3O2S. The van der Waals surface area contributed by atoms with Crippen molar-refractivity contribution in [1.29, 1.82) is 0 Å². The van der Waals surface area contributed by atoms with Crippen LogP contribution in [0.5, 0.6) is 0 Å². The van der Waals surface area contributed by atoms with Gasteiger partial charge in [0.05, 0.1) is 18.8 Å². The van der Waals surface area contributed by atoms with Crippen LogP contribution in [0.2, 0.25) is 0 Å². The Hall–Kier alpha value is -1.43. The topological polar surface area (TPSA) is 62.3 Å². The van der Waals surface area contributed by atoms with Crippen LogP contribution in [0.25, 0.3) is 0 Å². The fourth-order valence-electron chi connectivity index (χ4n) is 1.97. The Labute approximate surface area is 110 Å². The normalized spacial score (nSPS) is 20.8. The van der Waals surface area contributed by atoms with Crippen molar-refractivity contribution in [1.82, 2.24) is 15.2 Å². The van der Waals surface area contributed by atoms with Crippen LogP contribution in [-0.2, 0) is 16.1 Å². The third kappa shape index (κ3) is 2.69. The van der Waals surface area contributed by atoms with Crippen LogP contribution >= 0.6 is 11.3 Å². The predicted octanol–water partition coefficient (Wildman–Crippen LogP) is 0.997. The largest absolute Gasteiger partial charge is 0.347 e. The summed E-state index contributed by atoms with van der Waals surface area (Å²) in [6.45, 7) is 6.47.